The van der Waals surface area contributed by atoms with Crippen molar-refractivity contribution in [2.45, 2.75) is 411 Å². The lowest BCUT2D eigenvalue weighted by molar-refractivity contribution is -0.143. The summed E-state index contributed by atoms with van der Waals surface area (Å²) in [5.41, 5.74) is 0. The van der Waals surface area contributed by atoms with E-state index in [1.165, 1.54) is 334 Å². The van der Waals surface area contributed by atoms with Crippen molar-refractivity contribution in [2.75, 3.05) is 13.2 Å². The molecule has 0 aliphatic heterocycles. The number of carbonyl (C=O) groups is 2. The maximum atomic E-state index is 12.5. The maximum absolute atomic E-state index is 12.5. The Hall–Kier alpha value is -1.40. The van der Waals surface area contributed by atoms with E-state index in [0.29, 0.717) is 19.4 Å². The Kier molecular flexibility index (Phi) is 64.9. The van der Waals surface area contributed by atoms with Crippen LogP contribution in [0, 0.1) is 0 Å². The van der Waals surface area contributed by atoms with Gasteiger partial charge in [0.05, 0.1) is 25.4 Å². The van der Waals surface area contributed by atoms with Gasteiger partial charge in [0.2, 0.25) is 5.91 Å². The molecule has 0 aromatic rings. The van der Waals surface area contributed by atoms with Crippen molar-refractivity contribution in [3.8, 4) is 0 Å². The van der Waals surface area contributed by atoms with E-state index in [1.54, 1.807) is 6.08 Å². The van der Waals surface area contributed by atoms with Crippen LogP contribution in [0.4, 0.5) is 0 Å². The topological polar surface area (TPSA) is 95.9 Å². The summed E-state index contributed by atoms with van der Waals surface area (Å²) in [5.74, 6) is -0.0485. The number of esters is 1. The number of nitrogens with one attached hydrogen (secondary N) is 1. The first kappa shape index (κ1) is 74.6. The number of carbonyl (C=O) groups excluding carboxylic acids is 2. The first-order valence-corrected chi connectivity index (χ1v) is 35.0. The molecule has 6 nitrogen and oxygen atoms in total. The predicted octanol–water partition coefficient (Wildman–Crippen LogP) is 22.4. The zero-order valence-corrected chi connectivity index (χ0v) is 51.8. The first-order chi connectivity index (χ1) is 37.5. The highest BCUT2D eigenvalue weighted by molar-refractivity contribution is 5.76. The number of aliphatic hydroxyl groups is 2. The lowest BCUT2D eigenvalue weighted by Crippen LogP contribution is -2.45. The van der Waals surface area contributed by atoms with Crippen LogP contribution in [0.15, 0.2) is 12.2 Å². The molecule has 0 aromatic heterocycles. The molecule has 0 saturated carbocycles. The molecule has 0 heterocycles. The van der Waals surface area contributed by atoms with Crippen LogP contribution in [0.3, 0.4) is 0 Å². The molecule has 6 heteroatoms. The SMILES string of the molecule is CCCCCCCCCCCCCCCCCCCCCCC/C=C/C(O)C(CO)NC(=O)CCCCCCCCCCCCCCCCCCCCCCCOC(=O)CCCCCCCCCCCCCCCCC. The normalized spacial score (nSPS) is 12.5. The van der Waals surface area contributed by atoms with Crippen LogP contribution < -0.4 is 5.32 Å². The number of hydrogen-bond acceptors (Lipinski definition) is 5. The monoisotopic (exact) mass is 1070 g/mol. The quantitative estimate of drug-likeness (QED) is 0.0320. The fourth-order valence-electron chi connectivity index (χ4n) is 11.2. The molecule has 0 fully saturated rings. The second kappa shape index (κ2) is 66.1. The molecule has 0 spiro atoms. The Morgan fingerprint density at radius 2 is 0.605 bits per heavy atom. The smallest absolute Gasteiger partial charge is 0.305 e. The Morgan fingerprint density at radius 3 is 0.895 bits per heavy atom. The van der Waals surface area contributed by atoms with Gasteiger partial charge in [-0.2, -0.15) is 0 Å². The van der Waals surface area contributed by atoms with Crippen LogP contribution in [-0.2, 0) is 14.3 Å². The third-order valence-corrected chi connectivity index (χ3v) is 16.6. The molecule has 0 rings (SSSR count). The zero-order valence-electron chi connectivity index (χ0n) is 51.8. The average molecular weight is 1070 g/mol. The lowest BCUT2D eigenvalue weighted by Gasteiger charge is -2.20. The van der Waals surface area contributed by atoms with Gasteiger partial charge in [-0.25, -0.2) is 0 Å². The molecule has 0 aromatic carbocycles. The van der Waals surface area contributed by atoms with Gasteiger partial charge in [-0.3, -0.25) is 9.59 Å². The number of allylic oxidation sites excluding steroid dienone is 1. The molecule has 1 amide bonds. The molecule has 3 N–H and O–H groups in total. The summed E-state index contributed by atoms with van der Waals surface area (Å²) in [7, 11) is 0. The standard InChI is InChI=1S/C70H137NO5/c1-3-5-7-9-11-13-15-17-19-20-21-22-23-25-28-31-35-38-42-46-50-54-58-62-68(73)67(66-72)71-69(74)63-59-55-51-47-43-39-36-32-29-26-24-27-30-33-37-41-45-49-53-57-61-65-76-70(75)64-60-56-52-48-44-40-34-18-16-14-12-10-8-6-4-2/h58,62,67-68,72-73H,3-57,59-61,63-66H2,1-2H3,(H,71,74)/b62-58+. The third-order valence-electron chi connectivity index (χ3n) is 16.6. The fourth-order valence-corrected chi connectivity index (χ4v) is 11.2. The van der Waals surface area contributed by atoms with Gasteiger partial charge in [-0.05, 0) is 32.1 Å². The molecule has 0 saturated heterocycles. The minimum Gasteiger partial charge on any atom is -0.466 e. The van der Waals surface area contributed by atoms with E-state index in [1.807, 2.05) is 6.08 Å². The third kappa shape index (κ3) is 61.8. The van der Waals surface area contributed by atoms with Gasteiger partial charge >= 0.3 is 5.97 Å². The molecule has 0 aliphatic rings. The fraction of sp³-hybridized carbons (Fsp3) is 0.943. The van der Waals surface area contributed by atoms with Crippen LogP contribution >= 0.6 is 0 Å². The van der Waals surface area contributed by atoms with Gasteiger partial charge < -0.3 is 20.3 Å². The highest BCUT2D eigenvalue weighted by Crippen LogP contribution is 2.19. The van der Waals surface area contributed by atoms with E-state index in [9.17, 15) is 19.8 Å². The van der Waals surface area contributed by atoms with E-state index in [-0.39, 0.29) is 18.5 Å². The molecule has 0 aliphatic carbocycles. The van der Waals surface area contributed by atoms with E-state index in [2.05, 4.69) is 19.2 Å². The minimum absolute atomic E-state index is 0.0155. The van der Waals surface area contributed by atoms with Crippen molar-refractivity contribution >= 4 is 11.9 Å². The molecule has 452 valence electrons. The number of rotatable bonds is 66. The van der Waals surface area contributed by atoms with Gasteiger partial charge in [-0.1, -0.05) is 366 Å². The van der Waals surface area contributed by atoms with Crippen LogP contribution in [-0.4, -0.2) is 47.4 Å². The number of amides is 1. The van der Waals surface area contributed by atoms with Gasteiger partial charge in [0.15, 0.2) is 0 Å². The Morgan fingerprint density at radius 1 is 0.355 bits per heavy atom. The summed E-state index contributed by atoms with van der Waals surface area (Å²) >= 11 is 0. The summed E-state index contributed by atoms with van der Waals surface area (Å²) < 4.78 is 5.50. The van der Waals surface area contributed by atoms with Gasteiger partial charge in [0.1, 0.15) is 0 Å². The summed E-state index contributed by atoms with van der Waals surface area (Å²) in [6.07, 6.45) is 81.4. The van der Waals surface area contributed by atoms with Crippen molar-refractivity contribution in [3.05, 3.63) is 12.2 Å². The molecular weight excluding hydrogens is 935 g/mol. The summed E-state index contributed by atoms with van der Waals surface area (Å²) in [6.45, 7) is 4.95. The Balaban J connectivity index is 3.40. The summed E-state index contributed by atoms with van der Waals surface area (Å²) in [5, 5.41) is 23.3. The average Bonchev–Trinajstić information content (AvgIpc) is 3.42. The molecular formula is C70H137NO5. The Bertz CT molecular complexity index is 1140. The van der Waals surface area contributed by atoms with Gasteiger partial charge in [0, 0.05) is 12.8 Å². The molecule has 0 bridgehead atoms. The van der Waals surface area contributed by atoms with Crippen molar-refractivity contribution in [1.29, 1.82) is 0 Å². The van der Waals surface area contributed by atoms with E-state index < -0.39 is 12.1 Å². The van der Waals surface area contributed by atoms with E-state index in [0.717, 1.165) is 38.5 Å². The number of hydrogen-bond donors (Lipinski definition) is 3. The number of aliphatic hydroxyl groups excluding tert-OH is 2. The van der Waals surface area contributed by atoms with E-state index in [4.69, 9.17) is 4.74 Å². The number of ether oxygens (including phenoxy) is 1. The largest absolute Gasteiger partial charge is 0.466 e. The van der Waals surface area contributed by atoms with Crippen molar-refractivity contribution < 1.29 is 24.5 Å². The van der Waals surface area contributed by atoms with Crippen molar-refractivity contribution in [2.24, 2.45) is 0 Å². The second-order valence-corrected chi connectivity index (χ2v) is 24.2. The highest BCUT2D eigenvalue weighted by atomic mass is 16.5. The summed E-state index contributed by atoms with van der Waals surface area (Å²) in [6, 6.07) is -0.629. The van der Waals surface area contributed by atoms with Crippen LogP contribution in [0.5, 0.6) is 0 Å². The maximum Gasteiger partial charge on any atom is 0.305 e. The van der Waals surface area contributed by atoms with Gasteiger partial charge in [0.25, 0.3) is 0 Å². The minimum atomic E-state index is -0.846. The van der Waals surface area contributed by atoms with Crippen LogP contribution in [0.1, 0.15) is 399 Å². The van der Waals surface area contributed by atoms with Gasteiger partial charge in [-0.15, -0.1) is 0 Å². The molecule has 0 radical (unpaired) electrons. The van der Waals surface area contributed by atoms with Crippen molar-refractivity contribution in [1.82, 2.24) is 5.32 Å². The second-order valence-electron chi connectivity index (χ2n) is 24.2. The molecule has 2 unspecified atom stereocenters. The predicted molar refractivity (Wildman–Crippen MR) is 333 cm³/mol. The molecule has 76 heavy (non-hydrogen) atoms. The van der Waals surface area contributed by atoms with Crippen LogP contribution in [0.25, 0.3) is 0 Å². The Labute approximate surface area is 476 Å². The van der Waals surface area contributed by atoms with E-state index >= 15 is 0 Å². The highest BCUT2D eigenvalue weighted by Gasteiger charge is 2.18. The van der Waals surface area contributed by atoms with Crippen molar-refractivity contribution in [3.63, 3.8) is 0 Å². The first-order valence-electron chi connectivity index (χ1n) is 35.0. The number of unbranched alkanes of at least 4 members (excludes halogenated alkanes) is 55. The molecule has 2 atom stereocenters. The zero-order chi connectivity index (χ0) is 55.0. The van der Waals surface area contributed by atoms with Crippen LogP contribution in [0.2, 0.25) is 0 Å². The summed E-state index contributed by atoms with van der Waals surface area (Å²) in [4.78, 5) is 24.6. The lowest BCUT2D eigenvalue weighted by atomic mass is 10.0.